The molecule has 0 aliphatic rings. The maximum Gasteiger partial charge on any atom is 0.357 e. The molecule has 0 spiro atoms. The van der Waals surface area contributed by atoms with Crippen LogP contribution in [0.15, 0.2) is 59.6 Å². The molecule has 9 nitrogen and oxygen atoms in total. The van der Waals surface area contributed by atoms with Crippen molar-refractivity contribution in [2.75, 3.05) is 24.7 Å². The second kappa shape index (κ2) is 8.18. The zero-order chi connectivity index (χ0) is 21.9. The molecule has 0 aliphatic carbocycles. The minimum Gasteiger partial charge on any atom is -0.497 e. The number of methoxy groups -OCH3 is 2. The highest BCUT2D eigenvalue weighted by atomic mass is 32.2. The van der Waals surface area contributed by atoms with E-state index in [4.69, 9.17) is 15.2 Å². The Balaban J connectivity index is 1.95. The van der Waals surface area contributed by atoms with Crippen LogP contribution in [0, 0.1) is 11.3 Å². The second-order valence-electron chi connectivity index (χ2n) is 6.11. The highest BCUT2D eigenvalue weighted by Gasteiger charge is 2.22. The largest absolute Gasteiger partial charge is 0.497 e. The minimum absolute atomic E-state index is 0.00863. The van der Waals surface area contributed by atoms with Gasteiger partial charge in [0.15, 0.2) is 5.69 Å². The molecule has 0 fully saturated rings. The number of sulfonamides is 1. The van der Waals surface area contributed by atoms with Crippen LogP contribution in [0.3, 0.4) is 0 Å². The van der Waals surface area contributed by atoms with Gasteiger partial charge in [0, 0.05) is 18.0 Å². The number of nitriles is 1. The van der Waals surface area contributed by atoms with Crippen molar-refractivity contribution in [1.82, 2.24) is 4.57 Å². The van der Waals surface area contributed by atoms with E-state index in [9.17, 15) is 18.5 Å². The monoisotopic (exact) mass is 426 g/mol. The van der Waals surface area contributed by atoms with E-state index in [0.29, 0.717) is 17.1 Å². The van der Waals surface area contributed by atoms with Gasteiger partial charge in [0.05, 0.1) is 36.1 Å². The van der Waals surface area contributed by atoms with Crippen molar-refractivity contribution >= 4 is 27.4 Å². The number of esters is 1. The zero-order valence-corrected chi connectivity index (χ0v) is 16.9. The molecule has 0 bridgehead atoms. The lowest BCUT2D eigenvalue weighted by atomic mass is 10.2. The van der Waals surface area contributed by atoms with Crippen molar-refractivity contribution in [3.05, 3.63) is 66.0 Å². The Bertz CT molecular complexity index is 1240. The molecule has 0 unspecified atom stereocenters. The number of carbonyl (C=O) groups excluding carboxylic acids is 1. The summed E-state index contributed by atoms with van der Waals surface area (Å²) in [7, 11) is -1.17. The Morgan fingerprint density at radius 3 is 2.47 bits per heavy atom. The molecule has 3 N–H and O–H groups in total. The van der Waals surface area contributed by atoms with Crippen molar-refractivity contribution in [3.63, 3.8) is 0 Å². The molecule has 10 heteroatoms. The van der Waals surface area contributed by atoms with Crippen molar-refractivity contribution in [2.24, 2.45) is 0 Å². The van der Waals surface area contributed by atoms with Gasteiger partial charge in [-0.2, -0.15) is 5.26 Å². The van der Waals surface area contributed by atoms with Gasteiger partial charge in [0.2, 0.25) is 0 Å². The number of aromatic nitrogens is 1. The van der Waals surface area contributed by atoms with Gasteiger partial charge in [-0.15, -0.1) is 0 Å². The highest BCUT2D eigenvalue weighted by molar-refractivity contribution is 7.92. The first-order valence-corrected chi connectivity index (χ1v) is 10.1. The second-order valence-corrected chi connectivity index (χ2v) is 7.79. The number of hydrogen-bond acceptors (Lipinski definition) is 7. The lowest BCUT2D eigenvalue weighted by molar-refractivity contribution is 0.0593. The normalized spacial score (nSPS) is 10.8. The summed E-state index contributed by atoms with van der Waals surface area (Å²) in [4.78, 5) is 12.1. The number of nitrogens with zero attached hydrogens (tertiary/aromatic N) is 2. The van der Waals surface area contributed by atoms with E-state index >= 15 is 0 Å². The van der Waals surface area contributed by atoms with Crippen molar-refractivity contribution in [1.29, 1.82) is 5.26 Å². The van der Waals surface area contributed by atoms with Crippen molar-refractivity contribution in [3.8, 4) is 17.5 Å². The topological polar surface area (TPSA) is 136 Å². The van der Waals surface area contributed by atoms with E-state index < -0.39 is 16.0 Å². The van der Waals surface area contributed by atoms with Crippen LogP contribution in [0.2, 0.25) is 0 Å². The number of ether oxygens (including phenoxy) is 2. The molecule has 30 heavy (non-hydrogen) atoms. The molecule has 154 valence electrons. The van der Waals surface area contributed by atoms with Gasteiger partial charge in [-0.3, -0.25) is 4.72 Å². The van der Waals surface area contributed by atoms with E-state index in [1.54, 1.807) is 24.3 Å². The van der Waals surface area contributed by atoms with Gasteiger partial charge in [0.25, 0.3) is 10.0 Å². The summed E-state index contributed by atoms with van der Waals surface area (Å²) >= 11 is 0. The van der Waals surface area contributed by atoms with Gasteiger partial charge >= 0.3 is 5.97 Å². The molecule has 3 aromatic rings. The third kappa shape index (κ3) is 3.92. The van der Waals surface area contributed by atoms with E-state index in [-0.39, 0.29) is 21.8 Å². The molecule has 0 aliphatic heterocycles. The van der Waals surface area contributed by atoms with Gasteiger partial charge < -0.3 is 19.8 Å². The minimum atomic E-state index is -3.86. The molecule has 0 atom stereocenters. The summed E-state index contributed by atoms with van der Waals surface area (Å²) in [5.41, 5.74) is 6.74. The zero-order valence-electron chi connectivity index (χ0n) is 16.1. The standard InChI is InChI=1S/C20H18N4O5S/c1-28-16-5-3-4-14(10-16)23-30(26,27)17-8-6-15(7-9-17)24-12-13(11-21)18(22)19(24)20(25)29-2/h3-10,12,23H,22H2,1-2H3. The maximum absolute atomic E-state index is 12.7. The van der Waals surface area contributed by atoms with Crippen LogP contribution >= 0.6 is 0 Å². The van der Waals surface area contributed by atoms with Crippen LogP contribution in [0.5, 0.6) is 5.75 Å². The number of benzene rings is 2. The Morgan fingerprint density at radius 2 is 1.87 bits per heavy atom. The average molecular weight is 426 g/mol. The lowest BCUT2D eigenvalue weighted by Crippen LogP contribution is -2.14. The smallest absolute Gasteiger partial charge is 0.357 e. The average Bonchev–Trinajstić information content (AvgIpc) is 3.09. The molecular weight excluding hydrogens is 408 g/mol. The fourth-order valence-electron chi connectivity index (χ4n) is 2.80. The van der Waals surface area contributed by atoms with Crippen LogP contribution in [-0.2, 0) is 14.8 Å². The first-order chi connectivity index (χ1) is 14.3. The molecule has 0 radical (unpaired) electrons. The van der Waals surface area contributed by atoms with Crippen LogP contribution in [0.1, 0.15) is 16.1 Å². The number of anilines is 2. The molecule has 1 heterocycles. The number of nitrogen functional groups attached to an aromatic ring is 1. The third-order valence-corrected chi connectivity index (χ3v) is 5.69. The first kappa shape index (κ1) is 20.8. The van der Waals surface area contributed by atoms with Gasteiger partial charge in [-0.25, -0.2) is 13.2 Å². The molecule has 2 aromatic carbocycles. The molecule has 3 rings (SSSR count). The highest BCUT2D eigenvalue weighted by Crippen LogP contribution is 2.26. The number of nitrogens with two attached hydrogens (primary N) is 1. The van der Waals surface area contributed by atoms with Crippen molar-refractivity contribution < 1.29 is 22.7 Å². The van der Waals surface area contributed by atoms with Gasteiger partial charge in [-0.05, 0) is 36.4 Å². The maximum atomic E-state index is 12.7. The van der Waals surface area contributed by atoms with Gasteiger partial charge in [0.1, 0.15) is 11.8 Å². The summed E-state index contributed by atoms with van der Waals surface area (Å²) in [6.45, 7) is 0. The fourth-order valence-corrected chi connectivity index (χ4v) is 3.85. The Hall–Kier alpha value is -3.97. The first-order valence-electron chi connectivity index (χ1n) is 8.57. The number of rotatable bonds is 6. The summed E-state index contributed by atoms with van der Waals surface area (Å²) in [6, 6.07) is 14.2. The molecular formula is C20H18N4O5S. The SMILES string of the molecule is COC(=O)c1c(N)c(C#N)cn1-c1ccc(S(=O)(=O)Nc2cccc(OC)c2)cc1. The predicted molar refractivity (Wildman–Crippen MR) is 110 cm³/mol. The molecule has 0 saturated heterocycles. The number of carbonyl (C=O) groups is 1. The van der Waals surface area contributed by atoms with E-state index in [2.05, 4.69) is 4.72 Å². The number of hydrogen-bond donors (Lipinski definition) is 2. The summed E-state index contributed by atoms with van der Waals surface area (Å²) in [5.74, 6) is -0.204. The Kier molecular flexibility index (Phi) is 5.66. The Labute approximate surface area is 173 Å². The quantitative estimate of drug-likeness (QED) is 0.578. The van der Waals surface area contributed by atoms with E-state index in [1.807, 2.05) is 6.07 Å². The van der Waals surface area contributed by atoms with Gasteiger partial charge in [-0.1, -0.05) is 6.07 Å². The molecule has 0 saturated carbocycles. The van der Waals surface area contributed by atoms with Crippen LogP contribution in [0.25, 0.3) is 5.69 Å². The van der Waals surface area contributed by atoms with Crippen molar-refractivity contribution in [2.45, 2.75) is 4.90 Å². The fraction of sp³-hybridized carbons (Fsp3) is 0.100. The van der Waals surface area contributed by atoms with Crippen LogP contribution in [-0.4, -0.2) is 33.2 Å². The summed E-state index contributed by atoms with van der Waals surface area (Å²) in [6.07, 6.45) is 1.39. The lowest BCUT2D eigenvalue weighted by Gasteiger charge is -2.11. The molecule has 1 aromatic heterocycles. The summed E-state index contributed by atoms with van der Waals surface area (Å²) < 4.78 is 39.0. The van der Waals surface area contributed by atoms with E-state index in [1.165, 1.54) is 49.2 Å². The van der Waals surface area contributed by atoms with Crippen LogP contribution < -0.4 is 15.2 Å². The van der Waals surface area contributed by atoms with Crippen LogP contribution in [0.4, 0.5) is 11.4 Å². The third-order valence-electron chi connectivity index (χ3n) is 4.29. The van der Waals surface area contributed by atoms with E-state index in [0.717, 1.165) is 0 Å². The molecule has 0 amide bonds. The predicted octanol–water partition coefficient (Wildman–Crippen LogP) is 2.53. The Morgan fingerprint density at radius 1 is 1.17 bits per heavy atom. The number of nitrogens with one attached hydrogen (secondary N) is 1. The summed E-state index contributed by atoms with van der Waals surface area (Å²) in [5, 5.41) is 9.19.